The average molecular weight is 326 g/mol. The quantitative estimate of drug-likeness (QED) is 0.499. The molecule has 0 radical (unpaired) electrons. The summed E-state index contributed by atoms with van der Waals surface area (Å²) in [6.07, 6.45) is 2.19. The molecular weight excluding hydrogens is 305 g/mol. The van der Waals surface area contributed by atoms with Gasteiger partial charge in [0.1, 0.15) is 5.82 Å². The van der Waals surface area contributed by atoms with E-state index in [4.69, 9.17) is 11.6 Å². The molecule has 0 amide bonds. The zero-order valence-corrected chi connectivity index (χ0v) is 13.6. The Morgan fingerprint density at radius 1 is 1.41 bits per heavy atom. The second-order valence-corrected chi connectivity index (χ2v) is 7.07. The highest BCUT2D eigenvalue weighted by molar-refractivity contribution is 6.30. The van der Waals surface area contributed by atoms with Gasteiger partial charge in [-0.3, -0.25) is 20.6 Å². The van der Waals surface area contributed by atoms with Crippen LogP contribution in [-0.4, -0.2) is 40.6 Å². The summed E-state index contributed by atoms with van der Waals surface area (Å²) in [6.45, 7) is 6.50. The van der Waals surface area contributed by atoms with Crippen LogP contribution in [0.25, 0.3) is 0 Å². The van der Waals surface area contributed by atoms with Gasteiger partial charge in [0.15, 0.2) is 5.84 Å². The molecule has 2 bridgehead atoms. The maximum atomic E-state index is 14.1. The van der Waals surface area contributed by atoms with E-state index in [1.165, 1.54) is 12.1 Å². The topological polar surface area (TPSA) is 47.9 Å². The lowest BCUT2D eigenvalue weighted by molar-refractivity contribution is -0.0256. The number of hydroxylamine groups is 1. The molecule has 0 aliphatic carbocycles. The van der Waals surface area contributed by atoms with Gasteiger partial charge in [0.05, 0.1) is 11.6 Å². The molecule has 2 N–H and O–H groups in total. The zero-order chi connectivity index (χ0) is 15.9. The lowest BCUT2D eigenvalue weighted by Crippen LogP contribution is -2.63. The molecular formula is C16H21ClFN3O. The first-order valence-corrected chi connectivity index (χ1v) is 7.99. The first-order chi connectivity index (χ1) is 10.4. The zero-order valence-electron chi connectivity index (χ0n) is 12.8. The third kappa shape index (κ3) is 2.62. The molecule has 6 heteroatoms. The van der Waals surface area contributed by atoms with E-state index in [0.29, 0.717) is 10.9 Å². The van der Waals surface area contributed by atoms with E-state index in [1.807, 2.05) is 0 Å². The number of rotatable bonds is 2. The third-order valence-corrected chi connectivity index (χ3v) is 5.32. The molecule has 3 aliphatic heterocycles. The van der Waals surface area contributed by atoms with E-state index in [2.05, 4.69) is 29.2 Å². The van der Waals surface area contributed by atoms with Crippen LogP contribution in [0.5, 0.6) is 0 Å². The number of hydrogen-bond donors (Lipinski definition) is 2. The molecule has 3 saturated heterocycles. The summed E-state index contributed by atoms with van der Waals surface area (Å²) in [5.74, 6) is 0.145. The summed E-state index contributed by atoms with van der Waals surface area (Å²) in [6, 6.07) is 4.38. The molecule has 1 atom stereocenters. The average Bonchev–Trinajstić information content (AvgIpc) is 2.48. The fourth-order valence-electron chi connectivity index (χ4n) is 3.80. The Balaban J connectivity index is 1.97. The van der Waals surface area contributed by atoms with Crippen molar-refractivity contribution < 1.29 is 9.60 Å². The Labute approximate surface area is 134 Å². The summed E-state index contributed by atoms with van der Waals surface area (Å²) >= 11 is 5.78. The minimum atomic E-state index is -0.494. The van der Waals surface area contributed by atoms with Gasteiger partial charge in [-0.15, -0.1) is 0 Å². The largest absolute Gasteiger partial charge is 0.296 e. The molecule has 4 nitrogen and oxygen atoms in total. The lowest BCUT2D eigenvalue weighted by Gasteiger charge is -2.55. The molecule has 0 spiro atoms. The highest BCUT2D eigenvalue weighted by Crippen LogP contribution is 2.41. The lowest BCUT2D eigenvalue weighted by atomic mass is 9.72. The van der Waals surface area contributed by atoms with Gasteiger partial charge in [-0.2, -0.15) is 0 Å². The van der Waals surface area contributed by atoms with Gasteiger partial charge >= 0.3 is 0 Å². The molecule has 4 rings (SSSR count). The van der Waals surface area contributed by atoms with E-state index in [9.17, 15) is 9.60 Å². The highest BCUT2D eigenvalue weighted by atomic mass is 35.5. The van der Waals surface area contributed by atoms with Crippen LogP contribution < -0.4 is 5.48 Å². The Morgan fingerprint density at radius 3 is 2.64 bits per heavy atom. The number of benzene rings is 1. The first kappa shape index (κ1) is 15.7. The van der Waals surface area contributed by atoms with Gasteiger partial charge in [0, 0.05) is 10.6 Å². The molecule has 3 aliphatic rings. The minimum Gasteiger partial charge on any atom is -0.296 e. The van der Waals surface area contributed by atoms with Crippen LogP contribution in [0.2, 0.25) is 5.02 Å². The van der Waals surface area contributed by atoms with Crippen molar-refractivity contribution in [3.8, 4) is 0 Å². The van der Waals surface area contributed by atoms with Crippen molar-refractivity contribution in [2.45, 2.75) is 38.3 Å². The number of aliphatic imine (C=N–C) groups is 1. The van der Waals surface area contributed by atoms with Crippen molar-refractivity contribution >= 4 is 17.4 Å². The standard InChI is InChI=1S/C16H21ClFN3O/c1-16(2)14(10-5-7-21(16)8-6-10)19-15(20-22)12-4-3-11(17)9-13(12)18/h3-4,9-10,14,22H,5-8H2,1-2H3,(H,19,20). The van der Waals surface area contributed by atoms with Crippen molar-refractivity contribution in [2.24, 2.45) is 10.9 Å². The summed E-state index contributed by atoms with van der Waals surface area (Å²) < 4.78 is 14.1. The molecule has 3 heterocycles. The number of nitrogens with one attached hydrogen (secondary N) is 1. The Bertz CT molecular complexity index is 597. The van der Waals surface area contributed by atoms with E-state index in [1.54, 1.807) is 6.07 Å². The Morgan fingerprint density at radius 2 is 2.09 bits per heavy atom. The molecule has 1 aromatic carbocycles. The van der Waals surface area contributed by atoms with Gasteiger partial charge in [0.25, 0.3) is 0 Å². The molecule has 22 heavy (non-hydrogen) atoms. The van der Waals surface area contributed by atoms with Gasteiger partial charge in [-0.1, -0.05) is 11.6 Å². The fourth-order valence-corrected chi connectivity index (χ4v) is 3.96. The third-order valence-electron chi connectivity index (χ3n) is 5.09. The Kier molecular flexibility index (Phi) is 4.14. The van der Waals surface area contributed by atoms with E-state index < -0.39 is 5.82 Å². The minimum absolute atomic E-state index is 0.0275. The monoisotopic (exact) mass is 325 g/mol. The molecule has 1 unspecified atom stereocenters. The second-order valence-electron chi connectivity index (χ2n) is 6.64. The summed E-state index contributed by atoms with van der Waals surface area (Å²) in [7, 11) is 0. The molecule has 0 aromatic heterocycles. The number of halogens is 2. The highest BCUT2D eigenvalue weighted by Gasteiger charge is 2.47. The smallest absolute Gasteiger partial charge is 0.155 e. The van der Waals surface area contributed by atoms with Gasteiger partial charge in [-0.25, -0.2) is 4.39 Å². The van der Waals surface area contributed by atoms with E-state index in [-0.39, 0.29) is 23.0 Å². The van der Waals surface area contributed by atoms with Crippen LogP contribution in [0.1, 0.15) is 32.3 Å². The van der Waals surface area contributed by atoms with Crippen LogP contribution in [-0.2, 0) is 0 Å². The van der Waals surface area contributed by atoms with Crippen molar-refractivity contribution in [3.05, 3.63) is 34.6 Å². The van der Waals surface area contributed by atoms with Crippen LogP contribution in [0.15, 0.2) is 23.2 Å². The number of fused-ring (bicyclic) bond motifs is 3. The Hall–Kier alpha value is -1.17. The predicted octanol–water partition coefficient (Wildman–Crippen LogP) is 3.08. The van der Waals surface area contributed by atoms with Crippen LogP contribution in [0.3, 0.4) is 0 Å². The maximum absolute atomic E-state index is 14.1. The SMILES string of the molecule is CC1(C)C(N=C(NO)c2ccc(Cl)cc2F)C2CCN1CC2. The number of piperidine rings is 3. The van der Waals surface area contributed by atoms with Crippen LogP contribution in [0, 0.1) is 11.7 Å². The number of amidine groups is 1. The van der Waals surface area contributed by atoms with E-state index in [0.717, 1.165) is 25.9 Å². The summed E-state index contributed by atoms with van der Waals surface area (Å²) in [5.41, 5.74) is 2.22. The number of nitrogens with zero attached hydrogens (tertiary/aromatic N) is 2. The van der Waals surface area contributed by atoms with Crippen molar-refractivity contribution in [1.29, 1.82) is 0 Å². The van der Waals surface area contributed by atoms with Crippen LogP contribution in [0.4, 0.5) is 4.39 Å². The van der Waals surface area contributed by atoms with Crippen molar-refractivity contribution in [1.82, 2.24) is 10.4 Å². The van der Waals surface area contributed by atoms with Crippen molar-refractivity contribution in [2.75, 3.05) is 13.1 Å². The molecule has 1 aromatic rings. The van der Waals surface area contributed by atoms with Crippen LogP contribution >= 0.6 is 11.6 Å². The van der Waals surface area contributed by atoms with E-state index >= 15 is 0 Å². The second kappa shape index (κ2) is 5.80. The van der Waals surface area contributed by atoms with Crippen molar-refractivity contribution in [3.63, 3.8) is 0 Å². The van der Waals surface area contributed by atoms with Gasteiger partial charge in [-0.05, 0) is 63.9 Å². The first-order valence-electron chi connectivity index (χ1n) is 7.62. The normalized spacial score (nSPS) is 30.4. The fraction of sp³-hybridized carbons (Fsp3) is 0.562. The molecule has 120 valence electrons. The maximum Gasteiger partial charge on any atom is 0.155 e. The number of hydrogen-bond acceptors (Lipinski definition) is 3. The predicted molar refractivity (Wildman–Crippen MR) is 85.0 cm³/mol. The van der Waals surface area contributed by atoms with Gasteiger partial charge < -0.3 is 0 Å². The molecule has 0 saturated carbocycles. The summed E-state index contributed by atoms with van der Waals surface area (Å²) in [4.78, 5) is 7.11. The van der Waals surface area contributed by atoms with Gasteiger partial charge in [0.2, 0.25) is 0 Å². The summed E-state index contributed by atoms with van der Waals surface area (Å²) in [5, 5.41) is 9.77. The molecule has 3 fully saturated rings.